The molecule has 0 unspecified atom stereocenters. The molecule has 1 aromatic carbocycles. The SMILES string of the molecule is O=C(NCCCCCCO)C1(c2ccc(Cl)cc2)CC1. The zero-order chi connectivity index (χ0) is 14.4. The van der Waals surface area contributed by atoms with E-state index in [9.17, 15) is 4.79 Å². The van der Waals surface area contributed by atoms with Gasteiger partial charge in [-0.15, -0.1) is 0 Å². The van der Waals surface area contributed by atoms with Gasteiger partial charge in [-0.25, -0.2) is 0 Å². The van der Waals surface area contributed by atoms with E-state index in [4.69, 9.17) is 16.7 Å². The average Bonchev–Trinajstić information content (AvgIpc) is 3.25. The lowest BCUT2D eigenvalue weighted by atomic mass is 9.95. The topological polar surface area (TPSA) is 49.3 Å². The second-order valence-electron chi connectivity index (χ2n) is 5.48. The van der Waals surface area contributed by atoms with E-state index >= 15 is 0 Å². The number of carbonyl (C=O) groups is 1. The minimum Gasteiger partial charge on any atom is -0.396 e. The Kier molecular flexibility index (Phi) is 5.44. The summed E-state index contributed by atoms with van der Waals surface area (Å²) >= 11 is 5.89. The van der Waals surface area contributed by atoms with E-state index in [1.165, 1.54) is 0 Å². The summed E-state index contributed by atoms with van der Waals surface area (Å²) < 4.78 is 0. The van der Waals surface area contributed by atoms with E-state index in [1.54, 1.807) is 0 Å². The van der Waals surface area contributed by atoms with Crippen LogP contribution in [-0.4, -0.2) is 24.2 Å². The Bertz CT molecular complexity index is 440. The van der Waals surface area contributed by atoms with Gasteiger partial charge in [-0.3, -0.25) is 4.79 Å². The van der Waals surface area contributed by atoms with Crippen LogP contribution in [0.2, 0.25) is 5.02 Å². The summed E-state index contributed by atoms with van der Waals surface area (Å²) in [6.45, 7) is 0.978. The van der Waals surface area contributed by atoms with E-state index in [1.807, 2.05) is 24.3 Å². The van der Waals surface area contributed by atoms with Crippen molar-refractivity contribution in [2.24, 2.45) is 0 Å². The highest BCUT2D eigenvalue weighted by Crippen LogP contribution is 2.48. The third-order valence-electron chi connectivity index (χ3n) is 3.95. The molecule has 0 spiro atoms. The first kappa shape index (κ1) is 15.3. The van der Waals surface area contributed by atoms with Crippen LogP contribution in [0.3, 0.4) is 0 Å². The van der Waals surface area contributed by atoms with Gasteiger partial charge in [0.2, 0.25) is 5.91 Å². The Balaban J connectivity index is 1.78. The fourth-order valence-electron chi connectivity index (χ4n) is 2.50. The van der Waals surface area contributed by atoms with Gasteiger partial charge >= 0.3 is 0 Å². The average molecular weight is 296 g/mol. The van der Waals surface area contributed by atoms with Gasteiger partial charge in [0.1, 0.15) is 0 Å². The minimum absolute atomic E-state index is 0.141. The van der Waals surface area contributed by atoms with E-state index in [-0.39, 0.29) is 17.9 Å². The van der Waals surface area contributed by atoms with Crippen LogP contribution in [0.25, 0.3) is 0 Å². The summed E-state index contributed by atoms with van der Waals surface area (Å²) in [7, 11) is 0. The molecule has 1 aliphatic carbocycles. The zero-order valence-electron chi connectivity index (χ0n) is 11.7. The third-order valence-corrected chi connectivity index (χ3v) is 4.20. The quantitative estimate of drug-likeness (QED) is 0.724. The lowest BCUT2D eigenvalue weighted by Crippen LogP contribution is -2.35. The molecular weight excluding hydrogens is 274 g/mol. The number of carbonyl (C=O) groups excluding carboxylic acids is 1. The predicted molar refractivity (Wildman–Crippen MR) is 80.9 cm³/mol. The van der Waals surface area contributed by atoms with Crippen molar-refractivity contribution in [3.63, 3.8) is 0 Å². The van der Waals surface area contributed by atoms with Crippen molar-refractivity contribution in [1.29, 1.82) is 0 Å². The Morgan fingerprint density at radius 1 is 1.15 bits per heavy atom. The molecule has 0 aliphatic heterocycles. The number of halogens is 1. The number of rotatable bonds is 8. The number of unbranched alkanes of at least 4 members (excludes halogenated alkanes) is 3. The number of nitrogens with one attached hydrogen (secondary N) is 1. The first-order valence-corrected chi connectivity index (χ1v) is 7.72. The summed E-state index contributed by atoms with van der Waals surface area (Å²) in [6, 6.07) is 7.60. The van der Waals surface area contributed by atoms with Gasteiger partial charge < -0.3 is 10.4 Å². The van der Waals surface area contributed by atoms with Gasteiger partial charge in [0, 0.05) is 18.2 Å². The Labute approximate surface area is 125 Å². The number of hydrogen-bond donors (Lipinski definition) is 2. The summed E-state index contributed by atoms with van der Waals surface area (Å²) in [5, 5.41) is 12.4. The van der Waals surface area contributed by atoms with Crippen LogP contribution in [0.15, 0.2) is 24.3 Å². The molecule has 1 saturated carbocycles. The van der Waals surface area contributed by atoms with Crippen molar-refractivity contribution >= 4 is 17.5 Å². The second kappa shape index (κ2) is 7.09. The first-order valence-electron chi connectivity index (χ1n) is 7.34. The van der Waals surface area contributed by atoms with Crippen LogP contribution in [-0.2, 0) is 10.2 Å². The molecule has 0 radical (unpaired) electrons. The molecular formula is C16H22ClNO2. The number of benzene rings is 1. The molecule has 0 atom stereocenters. The van der Waals surface area contributed by atoms with E-state index in [2.05, 4.69) is 5.32 Å². The number of aliphatic hydroxyl groups is 1. The maximum atomic E-state index is 12.3. The van der Waals surface area contributed by atoms with Crippen LogP contribution in [0.5, 0.6) is 0 Å². The van der Waals surface area contributed by atoms with Gasteiger partial charge in [-0.05, 0) is 43.4 Å². The predicted octanol–water partition coefficient (Wildman–Crippen LogP) is 3.04. The van der Waals surface area contributed by atoms with Crippen LogP contribution in [0.1, 0.15) is 44.1 Å². The molecule has 110 valence electrons. The molecule has 0 aromatic heterocycles. The molecule has 1 fully saturated rings. The molecule has 3 nitrogen and oxygen atoms in total. The molecule has 0 bridgehead atoms. The monoisotopic (exact) mass is 295 g/mol. The molecule has 2 rings (SSSR count). The van der Waals surface area contributed by atoms with E-state index in [0.29, 0.717) is 5.02 Å². The maximum absolute atomic E-state index is 12.3. The molecule has 1 amide bonds. The maximum Gasteiger partial charge on any atom is 0.230 e. The second-order valence-corrected chi connectivity index (χ2v) is 5.92. The third kappa shape index (κ3) is 3.74. The highest BCUT2D eigenvalue weighted by atomic mass is 35.5. The highest BCUT2D eigenvalue weighted by molar-refractivity contribution is 6.30. The normalized spacial score (nSPS) is 15.9. The Hall–Kier alpha value is -1.06. The van der Waals surface area contributed by atoms with Gasteiger partial charge in [-0.2, -0.15) is 0 Å². The van der Waals surface area contributed by atoms with Crippen molar-refractivity contribution < 1.29 is 9.90 Å². The fraction of sp³-hybridized carbons (Fsp3) is 0.562. The van der Waals surface area contributed by atoms with Crippen molar-refractivity contribution in [2.75, 3.05) is 13.2 Å². The standard InChI is InChI=1S/C16H22ClNO2/c17-14-7-5-13(6-8-14)16(9-10-16)15(20)18-11-3-1-2-4-12-19/h5-8,19H,1-4,9-12H2,(H,18,20). The Morgan fingerprint density at radius 3 is 2.40 bits per heavy atom. The van der Waals surface area contributed by atoms with Gasteiger partial charge in [0.25, 0.3) is 0 Å². The molecule has 4 heteroatoms. The van der Waals surface area contributed by atoms with Crippen molar-refractivity contribution in [1.82, 2.24) is 5.32 Å². The minimum atomic E-state index is -0.310. The molecule has 1 aliphatic rings. The number of aliphatic hydroxyl groups excluding tert-OH is 1. The molecule has 20 heavy (non-hydrogen) atoms. The Morgan fingerprint density at radius 2 is 1.80 bits per heavy atom. The van der Waals surface area contributed by atoms with Crippen molar-refractivity contribution in [3.05, 3.63) is 34.9 Å². The smallest absolute Gasteiger partial charge is 0.230 e. The van der Waals surface area contributed by atoms with Gasteiger partial charge in [0.05, 0.1) is 5.41 Å². The largest absolute Gasteiger partial charge is 0.396 e. The van der Waals surface area contributed by atoms with E-state index in [0.717, 1.165) is 50.6 Å². The molecule has 1 aromatic rings. The number of amides is 1. The van der Waals surface area contributed by atoms with E-state index < -0.39 is 0 Å². The van der Waals surface area contributed by atoms with Crippen LogP contribution >= 0.6 is 11.6 Å². The van der Waals surface area contributed by atoms with Crippen molar-refractivity contribution in [2.45, 2.75) is 43.9 Å². The van der Waals surface area contributed by atoms with Gasteiger partial charge in [0.15, 0.2) is 0 Å². The lowest BCUT2D eigenvalue weighted by molar-refractivity contribution is -0.123. The number of hydrogen-bond acceptors (Lipinski definition) is 2. The lowest BCUT2D eigenvalue weighted by Gasteiger charge is -2.15. The van der Waals surface area contributed by atoms with Crippen LogP contribution < -0.4 is 5.32 Å². The highest BCUT2D eigenvalue weighted by Gasteiger charge is 2.50. The van der Waals surface area contributed by atoms with Gasteiger partial charge in [-0.1, -0.05) is 36.6 Å². The van der Waals surface area contributed by atoms with Crippen LogP contribution in [0, 0.1) is 0 Å². The summed E-state index contributed by atoms with van der Waals surface area (Å²) in [5.74, 6) is 0.141. The van der Waals surface area contributed by atoms with Crippen LogP contribution in [0.4, 0.5) is 0 Å². The summed E-state index contributed by atoms with van der Waals surface area (Å²) in [6.07, 6.45) is 5.74. The first-order chi connectivity index (χ1) is 9.69. The zero-order valence-corrected chi connectivity index (χ0v) is 12.5. The fourth-order valence-corrected chi connectivity index (χ4v) is 2.63. The molecule has 2 N–H and O–H groups in total. The van der Waals surface area contributed by atoms with Crippen molar-refractivity contribution in [3.8, 4) is 0 Å². The molecule has 0 saturated heterocycles. The summed E-state index contributed by atoms with van der Waals surface area (Å²) in [5.41, 5.74) is 0.759. The summed E-state index contributed by atoms with van der Waals surface area (Å²) in [4.78, 5) is 12.3. The molecule has 0 heterocycles.